The number of dihydropyridines is 1. The highest BCUT2D eigenvalue weighted by Crippen LogP contribution is 2.48. The number of rotatable bonds is 11. The van der Waals surface area contributed by atoms with Crippen LogP contribution in [0.3, 0.4) is 0 Å². The van der Waals surface area contributed by atoms with Gasteiger partial charge in [0, 0.05) is 40.4 Å². The number of nitro benzene ring substituents is 1. The number of allylic oxidation sites excluding steroid dienone is 3. The van der Waals surface area contributed by atoms with Crippen molar-refractivity contribution in [1.29, 1.82) is 0 Å². The van der Waals surface area contributed by atoms with Gasteiger partial charge < -0.3 is 24.3 Å². The Hall–Kier alpha value is -5.45. The maximum absolute atomic E-state index is 14.6. The normalized spacial score (nSPS) is 19.0. The topological polar surface area (TPSA) is 143 Å². The quantitative estimate of drug-likeness (QED) is 0.117. The second kappa shape index (κ2) is 14.3. The van der Waals surface area contributed by atoms with Crippen LogP contribution in [0.15, 0.2) is 95.3 Å². The van der Waals surface area contributed by atoms with Crippen LogP contribution in [0.4, 0.5) is 5.69 Å². The van der Waals surface area contributed by atoms with Gasteiger partial charge in [-0.15, -0.1) is 0 Å². The SMILES string of the molecule is CCOC(=O)C1=C(C)NC2=C(C(=O)[C@H](C(=O)OCC)[C@@H](c3ccccc3)C2)[C@H]1c1ccc(OC)c(COc2ccccc2[N+](=O)[O-])c1. The Labute approximate surface area is 272 Å². The summed E-state index contributed by atoms with van der Waals surface area (Å²) in [5.74, 6) is -3.69. The van der Waals surface area contributed by atoms with Crippen molar-refractivity contribution in [2.75, 3.05) is 20.3 Å². The van der Waals surface area contributed by atoms with Gasteiger partial charge >= 0.3 is 17.6 Å². The fraction of sp³-hybridized carbons (Fsp3) is 0.306. The van der Waals surface area contributed by atoms with Crippen LogP contribution >= 0.6 is 0 Å². The first-order chi connectivity index (χ1) is 22.7. The molecule has 1 aliphatic carbocycles. The molecule has 0 unspecified atom stereocenters. The molecule has 11 heteroatoms. The van der Waals surface area contributed by atoms with E-state index in [2.05, 4.69) is 5.32 Å². The highest BCUT2D eigenvalue weighted by molar-refractivity contribution is 6.13. The van der Waals surface area contributed by atoms with Gasteiger partial charge in [0.2, 0.25) is 0 Å². The molecule has 0 saturated carbocycles. The molecule has 0 radical (unpaired) electrons. The smallest absolute Gasteiger partial charge is 0.336 e. The highest BCUT2D eigenvalue weighted by Gasteiger charge is 2.49. The zero-order valence-electron chi connectivity index (χ0n) is 26.6. The van der Waals surface area contributed by atoms with Crippen LogP contribution in [0.5, 0.6) is 11.5 Å². The number of para-hydroxylation sites is 2. The number of ether oxygens (including phenoxy) is 4. The first kappa shape index (κ1) is 32.9. The van der Waals surface area contributed by atoms with Crippen molar-refractivity contribution in [1.82, 2.24) is 5.32 Å². The molecule has 3 aromatic rings. The molecule has 11 nitrogen and oxygen atoms in total. The fourth-order valence-corrected chi connectivity index (χ4v) is 6.34. The minimum atomic E-state index is -1.14. The van der Waals surface area contributed by atoms with Crippen LogP contribution < -0.4 is 14.8 Å². The Balaban J connectivity index is 1.64. The summed E-state index contributed by atoms with van der Waals surface area (Å²) in [5.41, 5.74) is 3.35. The summed E-state index contributed by atoms with van der Waals surface area (Å²) in [4.78, 5) is 52.6. The van der Waals surface area contributed by atoms with Gasteiger partial charge in [0.25, 0.3) is 0 Å². The number of ketones is 1. The van der Waals surface area contributed by atoms with Crippen molar-refractivity contribution in [3.8, 4) is 11.5 Å². The number of esters is 2. The number of hydrogen-bond donors (Lipinski definition) is 1. The molecular weight excluding hydrogens is 604 g/mol. The number of carbonyl (C=O) groups excluding carboxylic acids is 3. The number of Topliss-reactive ketones (excluding diaryl/α,β-unsaturated/α-hetero) is 1. The van der Waals surface area contributed by atoms with E-state index in [1.165, 1.54) is 19.2 Å². The number of benzene rings is 3. The summed E-state index contributed by atoms with van der Waals surface area (Å²) in [6.07, 6.45) is 0.322. The minimum Gasteiger partial charge on any atom is -0.496 e. The van der Waals surface area contributed by atoms with Gasteiger partial charge in [-0.2, -0.15) is 0 Å². The van der Waals surface area contributed by atoms with Crippen LogP contribution in [0.1, 0.15) is 55.7 Å². The summed E-state index contributed by atoms with van der Waals surface area (Å²) in [5, 5.41) is 14.9. The van der Waals surface area contributed by atoms with E-state index in [1.54, 1.807) is 51.1 Å². The average Bonchev–Trinajstić information content (AvgIpc) is 3.07. The van der Waals surface area contributed by atoms with Crippen LogP contribution in [0.25, 0.3) is 0 Å². The molecule has 244 valence electrons. The standard InChI is InChI=1S/C36H36N2O9/c1-5-45-35(40)30-21(3)37-26-19-25(22-12-8-7-9-13-22)32(36(41)46-6-2)34(39)33(26)31(30)23-16-17-28(44-4)24(18-23)20-47-29-15-11-10-14-27(29)38(42)43/h7-18,25,31-32,37H,5-6,19-20H2,1-4H3/t25-,31+,32-/m1/s1. The van der Waals surface area contributed by atoms with Gasteiger partial charge in [-0.25, -0.2) is 4.79 Å². The third kappa shape index (κ3) is 6.60. The predicted octanol–water partition coefficient (Wildman–Crippen LogP) is 5.90. The van der Waals surface area contributed by atoms with E-state index >= 15 is 0 Å². The molecule has 1 N–H and O–H groups in total. The van der Waals surface area contributed by atoms with Crippen molar-refractivity contribution < 1.29 is 38.3 Å². The second-order valence-corrected chi connectivity index (χ2v) is 11.1. The van der Waals surface area contributed by atoms with Crippen molar-refractivity contribution in [2.24, 2.45) is 5.92 Å². The molecule has 0 bridgehead atoms. The molecule has 3 atom stereocenters. The average molecular weight is 641 g/mol. The third-order valence-corrected chi connectivity index (χ3v) is 8.37. The lowest BCUT2D eigenvalue weighted by molar-refractivity contribution is -0.385. The molecule has 0 fully saturated rings. The predicted molar refractivity (Wildman–Crippen MR) is 172 cm³/mol. The van der Waals surface area contributed by atoms with Crippen LogP contribution in [0, 0.1) is 16.0 Å². The van der Waals surface area contributed by atoms with Crippen molar-refractivity contribution in [2.45, 2.75) is 45.6 Å². The van der Waals surface area contributed by atoms with Gasteiger partial charge in [0.15, 0.2) is 11.5 Å². The van der Waals surface area contributed by atoms with E-state index in [4.69, 9.17) is 18.9 Å². The zero-order chi connectivity index (χ0) is 33.7. The number of nitro groups is 1. The van der Waals surface area contributed by atoms with E-state index in [0.717, 1.165) is 5.56 Å². The Bertz CT molecular complexity index is 1760. The van der Waals surface area contributed by atoms with Crippen molar-refractivity contribution >= 4 is 23.4 Å². The Kier molecular flexibility index (Phi) is 10.0. The van der Waals surface area contributed by atoms with Gasteiger partial charge in [-0.3, -0.25) is 19.7 Å². The van der Waals surface area contributed by atoms with E-state index in [1.807, 2.05) is 30.3 Å². The summed E-state index contributed by atoms with van der Waals surface area (Å²) >= 11 is 0. The summed E-state index contributed by atoms with van der Waals surface area (Å²) < 4.78 is 22.4. The Morgan fingerprint density at radius 2 is 1.64 bits per heavy atom. The van der Waals surface area contributed by atoms with Gasteiger partial charge in [0.05, 0.1) is 30.8 Å². The monoisotopic (exact) mass is 640 g/mol. The number of carbonyl (C=O) groups is 3. The van der Waals surface area contributed by atoms with E-state index in [-0.39, 0.29) is 42.4 Å². The van der Waals surface area contributed by atoms with E-state index in [0.29, 0.717) is 34.7 Å². The molecular formula is C36H36N2O9. The third-order valence-electron chi connectivity index (χ3n) is 8.37. The summed E-state index contributed by atoms with van der Waals surface area (Å²) in [6, 6.07) is 20.6. The number of nitrogens with one attached hydrogen (secondary N) is 1. The lowest BCUT2D eigenvalue weighted by Crippen LogP contribution is -2.43. The van der Waals surface area contributed by atoms with E-state index < -0.39 is 40.4 Å². The molecule has 0 saturated heterocycles. The zero-order valence-corrected chi connectivity index (χ0v) is 26.6. The van der Waals surface area contributed by atoms with Crippen LogP contribution in [-0.4, -0.2) is 43.0 Å². The Morgan fingerprint density at radius 3 is 2.32 bits per heavy atom. The highest BCUT2D eigenvalue weighted by atomic mass is 16.6. The number of hydrogen-bond acceptors (Lipinski definition) is 10. The second-order valence-electron chi connectivity index (χ2n) is 11.1. The van der Waals surface area contributed by atoms with Crippen LogP contribution in [0.2, 0.25) is 0 Å². The molecule has 1 aliphatic heterocycles. The summed E-state index contributed by atoms with van der Waals surface area (Å²) in [6.45, 7) is 5.25. The first-order valence-electron chi connectivity index (χ1n) is 15.4. The number of methoxy groups -OCH3 is 1. The van der Waals surface area contributed by atoms with Gasteiger partial charge in [-0.1, -0.05) is 48.5 Å². The van der Waals surface area contributed by atoms with Crippen LogP contribution in [-0.2, 0) is 30.5 Å². The summed E-state index contributed by atoms with van der Waals surface area (Å²) in [7, 11) is 1.49. The molecule has 0 spiro atoms. The van der Waals surface area contributed by atoms with Gasteiger partial charge in [0.1, 0.15) is 18.3 Å². The van der Waals surface area contributed by atoms with E-state index in [9.17, 15) is 24.5 Å². The van der Waals surface area contributed by atoms with Gasteiger partial charge in [-0.05, 0) is 56.5 Å². The molecule has 3 aromatic carbocycles. The van der Waals surface area contributed by atoms with Crippen molar-refractivity contribution in [3.05, 3.63) is 122 Å². The lowest BCUT2D eigenvalue weighted by Gasteiger charge is -2.39. The molecule has 5 rings (SSSR count). The maximum atomic E-state index is 14.6. The molecule has 0 aromatic heterocycles. The minimum absolute atomic E-state index is 0.0754. The maximum Gasteiger partial charge on any atom is 0.336 e. The number of nitrogens with zero attached hydrogens (tertiary/aromatic N) is 1. The molecule has 47 heavy (non-hydrogen) atoms. The lowest BCUT2D eigenvalue weighted by atomic mass is 9.67. The molecule has 2 aliphatic rings. The fourth-order valence-electron chi connectivity index (χ4n) is 6.34. The Morgan fingerprint density at radius 1 is 0.936 bits per heavy atom. The molecule has 0 amide bonds. The van der Waals surface area contributed by atoms with Crippen molar-refractivity contribution in [3.63, 3.8) is 0 Å². The molecule has 1 heterocycles. The largest absolute Gasteiger partial charge is 0.496 e. The first-order valence-corrected chi connectivity index (χ1v) is 15.4.